The van der Waals surface area contributed by atoms with Crippen LogP contribution in [0.15, 0.2) is 18.2 Å². The van der Waals surface area contributed by atoms with Crippen molar-refractivity contribution in [1.29, 1.82) is 0 Å². The van der Waals surface area contributed by atoms with Crippen LogP contribution in [0, 0.1) is 11.6 Å². The van der Waals surface area contributed by atoms with Gasteiger partial charge in [0.25, 0.3) is 0 Å². The minimum atomic E-state index is -0.569. The number of halogens is 2. The molecule has 23 heavy (non-hydrogen) atoms. The summed E-state index contributed by atoms with van der Waals surface area (Å²) >= 11 is 0. The van der Waals surface area contributed by atoms with E-state index in [-0.39, 0.29) is 23.7 Å². The zero-order valence-electron chi connectivity index (χ0n) is 12.9. The molecule has 2 aliphatic heterocycles. The normalized spacial score (nSPS) is 24.7. The van der Waals surface area contributed by atoms with E-state index >= 15 is 0 Å². The standard InChI is InChI=1S/C16H21F2N3O2/c17-13-2-1-3-14(18)16(13)21-6-4-11(9-21)20-15(22)8-12-10-23-7-5-19-12/h1-3,11-12,19H,4-10H2,(H,20,22). The SMILES string of the molecule is O=C(CC1COCCN1)NC1CCN(c2c(F)cccc2F)C1. The first-order valence-corrected chi connectivity index (χ1v) is 7.93. The molecular weight excluding hydrogens is 304 g/mol. The van der Waals surface area contributed by atoms with Crippen molar-refractivity contribution in [2.24, 2.45) is 0 Å². The van der Waals surface area contributed by atoms with Gasteiger partial charge in [-0.1, -0.05) is 6.07 Å². The summed E-state index contributed by atoms with van der Waals surface area (Å²) in [6.07, 6.45) is 1.03. The van der Waals surface area contributed by atoms with Crippen molar-refractivity contribution >= 4 is 11.6 Å². The predicted molar refractivity (Wildman–Crippen MR) is 82.3 cm³/mol. The maximum Gasteiger partial charge on any atom is 0.221 e. The highest BCUT2D eigenvalue weighted by Gasteiger charge is 2.28. The first-order chi connectivity index (χ1) is 11.1. The second-order valence-corrected chi connectivity index (χ2v) is 6.00. The highest BCUT2D eigenvalue weighted by atomic mass is 19.1. The third kappa shape index (κ3) is 3.97. The molecule has 0 saturated carbocycles. The van der Waals surface area contributed by atoms with Crippen LogP contribution in [0.3, 0.4) is 0 Å². The van der Waals surface area contributed by atoms with Crippen molar-refractivity contribution in [2.45, 2.75) is 24.9 Å². The molecule has 0 spiro atoms. The predicted octanol–water partition coefficient (Wildman–Crippen LogP) is 1.04. The van der Waals surface area contributed by atoms with Crippen LogP contribution < -0.4 is 15.5 Å². The van der Waals surface area contributed by atoms with Gasteiger partial charge in [-0.2, -0.15) is 0 Å². The number of benzene rings is 1. The fourth-order valence-corrected chi connectivity index (χ4v) is 3.13. The van der Waals surface area contributed by atoms with Crippen molar-refractivity contribution in [3.63, 3.8) is 0 Å². The Hall–Kier alpha value is -1.73. The van der Waals surface area contributed by atoms with Crippen molar-refractivity contribution in [1.82, 2.24) is 10.6 Å². The molecule has 1 amide bonds. The molecular formula is C16H21F2N3O2. The number of nitrogens with one attached hydrogen (secondary N) is 2. The lowest BCUT2D eigenvalue weighted by molar-refractivity contribution is -0.122. The van der Waals surface area contributed by atoms with Crippen LogP contribution in [0.5, 0.6) is 0 Å². The fourth-order valence-electron chi connectivity index (χ4n) is 3.13. The maximum atomic E-state index is 13.8. The molecule has 0 aromatic heterocycles. The molecule has 0 radical (unpaired) electrons. The number of ether oxygens (including phenoxy) is 1. The molecule has 2 fully saturated rings. The van der Waals surface area contributed by atoms with Gasteiger partial charge in [0.1, 0.15) is 17.3 Å². The lowest BCUT2D eigenvalue weighted by atomic mass is 10.1. The second kappa shape index (κ2) is 7.23. The lowest BCUT2D eigenvalue weighted by Gasteiger charge is -2.24. The van der Waals surface area contributed by atoms with Crippen molar-refractivity contribution in [3.05, 3.63) is 29.8 Å². The van der Waals surface area contributed by atoms with Crippen LogP contribution in [0.4, 0.5) is 14.5 Å². The van der Waals surface area contributed by atoms with Gasteiger partial charge in [-0.25, -0.2) is 8.78 Å². The number of hydrogen-bond donors (Lipinski definition) is 2. The van der Waals surface area contributed by atoms with E-state index in [0.29, 0.717) is 39.1 Å². The number of para-hydroxylation sites is 1. The largest absolute Gasteiger partial charge is 0.378 e. The van der Waals surface area contributed by atoms with Crippen LogP contribution in [-0.4, -0.2) is 50.8 Å². The van der Waals surface area contributed by atoms with E-state index in [2.05, 4.69) is 10.6 Å². The van der Waals surface area contributed by atoms with Gasteiger partial charge in [0, 0.05) is 38.1 Å². The minimum Gasteiger partial charge on any atom is -0.378 e. The summed E-state index contributed by atoms with van der Waals surface area (Å²) in [6, 6.07) is 3.79. The molecule has 2 heterocycles. The molecule has 2 N–H and O–H groups in total. The number of carbonyl (C=O) groups excluding carboxylic acids is 1. The fraction of sp³-hybridized carbons (Fsp3) is 0.562. The Balaban J connectivity index is 1.52. The van der Waals surface area contributed by atoms with Gasteiger partial charge in [-0.05, 0) is 18.6 Å². The Kier molecular flexibility index (Phi) is 5.07. The van der Waals surface area contributed by atoms with Gasteiger partial charge < -0.3 is 20.3 Å². The van der Waals surface area contributed by atoms with Gasteiger partial charge in [0.15, 0.2) is 0 Å². The van der Waals surface area contributed by atoms with Gasteiger partial charge >= 0.3 is 0 Å². The first kappa shape index (κ1) is 16.1. The number of rotatable bonds is 4. The molecule has 0 aliphatic carbocycles. The van der Waals surface area contributed by atoms with Crippen LogP contribution in [0.1, 0.15) is 12.8 Å². The van der Waals surface area contributed by atoms with E-state index in [1.165, 1.54) is 18.2 Å². The number of carbonyl (C=O) groups is 1. The smallest absolute Gasteiger partial charge is 0.221 e. The summed E-state index contributed by atoms with van der Waals surface area (Å²) in [5.74, 6) is -1.20. The Morgan fingerprint density at radius 2 is 2.17 bits per heavy atom. The summed E-state index contributed by atoms with van der Waals surface area (Å²) in [6.45, 7) is 2.89. The van der Waals surface area contributed by atoms with E-state index in [1.54, 1.807) is 4.90 Å². The summed E-state index contributed by atoms with van der Waals surface area (Å²) in [5, 5.41) is 6.17. The molecule has 2 saturated heterocycles. The molecule has 2 unspecified atom stereocenters. The minimum absolute atomic E-state index is 0.00778. The summed E-state index contributed by atoms with van der Waals surface area (Å²) in [5.41, 5.74) is -0.00778. The molecule has 7 heteroatoms. The third-order valence-corrected chi connectivity index (χ3v) is 4.24. The Morgan fingerprint density at radius 1 is 1.39 bits per heavy atom. The third-order valence-electron chi connectivity index (χ3n) is 4.24. The Labute approximate surface area is 134 Å². The van der Waals surface area contributed by atoms with Crippen LogP contribution in [-0.2, 0) is 9.53 Å². The van der Waals surface area contributed by atoms with Gasteiger partial charge in [-0.3, -0.25) is 4.79 Å². The molecule has 3 rings (SSSR count). The van der Waals surface area contributed by atoms with Crippen LogP contribution in [0.25, 0.3) is 0 Å². The number of morpholine rings is 1. The molecule has 126 valence electrons. The van der Waals surface area contributed by atoms with E-state index < -0.39 is 11.6 Å². The Morgan fingerprint density at radius 3 is 2.87 bits per heavy atom. The molecule has 5 nitrogen and oxygen atoms in total. The highest BCUT2D eigenvalue weighted by molar-refractivity contribution is 5.77. The van der Waals surface area contributed by atoms with Crippen molar-refractivity contribution in [3.8, 4) is 0 Å². The summed E-state index contributed by atoms with van der Waals surface area (Å²) in [7, 11) is 0. The molecule has 2 atom stereocenters. The van der Waals surface area contributed by atoms with E-state index in [9.17, 15) is 13.6 Å². The Bertz CT molecular complexity index is 544. The second-order valence-electron chi connectivity index (χ2n) is 6.00. The van der Waals surface area contributed by atoms with Crippen LogP contribution in [0.2, 0.25) is 0 Å². The topological polar surface area (TPSA) is 53.6 Å². The molecule has 2 aliphatic rings. The summed E-state index contributed by atoms with van der Waals surface area (Å²) < 4.78 is 32.9. The van der Waals surface area contributed by atoms with Crippen molar-refractivity contribution in [2.75, 3.05) is 37.7 Å². The van der Waals surface area contributed by atoms with E-state index in [1.807, 2.05) is 0 Å². The zero-order valence-corrected chi connectivity index (χ0v) is 12.9. The summed E-state index contributed by atoms with van der Waals surface area (Å²) in [4.78, 5) is 13.7. The number of nitrogens with zero attached hydrogens (tertiary/aromatic N) is 1. The highest BCUT2D eigenvalue weighted by Crippen LogP contribution is 2.26. The maximum absolute atomic E-state index is 13.8. The van der Waals surface area contributed by atoms with Gasteiger partial charge in [-0.15, -0.1) is 0 Å². The first-order valence-electron chi connectivity index (χ1n) is 7.93. The van der Waals surface area contributed by atoms with Gasteiger partial charge in [0.05, 0.1) is 13.2 Å². The molecule has 0 bridgehead atoms. The van der Waals surface area contributed by atoms with E-state index in [0.717, 1.165) is 6.54 Å². The van der Waals surface area contributed by atoms with E-state index in [4.69, 9.17) is 4.74 Å². The average Bonchev–Trinajstić information content (AvgIpc) is 2.96. The van der Waals surface area contributed by atoms with Crippen molar-refractivity contribution < 1.29 is 18.3 Å². The number of hydrogen-bond acceptors (Lipinski definition) is 4. The molecule has 1 aromatic carbocycles. The zero-order chi connectivity index (χ0) is 16.2. The van der Waals surface area contributed by atoms with Gasteiger partial charge in [0.2, 0.25) is 5.91 Å². The average molecular weight is 325 g/mol. The monoisotopic (exact) mass is 325 g/mol. The molecule has 1 aromatic rings. The lowest BCUT2D eigenvalue weighted by Crippen LogP contribution is -2.46. The number of amides is 1. The van der Waals surface area contributed by atoms with Crippen LogP contribution >= 0.6 is 0 Å². The quantitative estimate of drug-likeness (QED) is 0.868. The number of anilines is 1.